The van der Waals surface area contributed by atoms with Gasteiger partial charge in [0.05, 0.1) is 0 Å². The highest BCUT2D eigenvalue weighted by Gasteiger charge is 2.19. The van der Waals surface area contributed by atoms with Gasteiger partial charge < -0.3 is 14.2 Å². The summed E-state index contributed by atoms with van der Waals surface area (Å²) in [5, 5.41) is 0. The Morgan fingerprint density at radius 2 is 0.513 bits per heavy atom. The lowest BCUT2D eigenvalue weighted by molar-refractivity contribution is -0.167. The van der Waals surface area contributed by atoms with Gasteiger partial charge in [-0.15, -0.1) is 0 Å². The first-order valence-corrected chi connectivity index (χ1v) is 31.9. The first-order valence-electron chi connectivity index (χ1n) is 31.9. The molecule has 1 atom stereocenters. The van der Waals surface area contributed by atoms with Crippen LogP contribution in [-0.4, -0.2) is 37.2 Å². The summed E-state index contributed by atoms with van der Waals surface area (Å²) in [6.45, 7) is 6.44. The van der Waals surface area contributed by atoms with Crippen molar-refractivity contribution < 1.29 is 28.6 Å². The minimum Gasteiger partial charge on any atom is -0.462 e. The highest BCUT2D eigenvalue weighted by Crippen LogP contribution is 2.16. The van der Waals surface area contributed by atoms with E-state index in [1.165, 1.54) is 141 Å². The highest BCUT2D eigenvalue weighted by atomic mass is 16.6. The van der Waals surface area contributed by atoms with Crippen LogP contribution in [0.1, 0.15) is 297 Å². The quantitative estimate of drug-likeness (QED) is 0.0261. The maximum absolute atomic E-state index is 12.8. The van der Waals surface area contributed by atoms with Crippen LogP contribution in [0.4, 0.5) is 0 Å². The Morgan fingerprint density at radius 3 is 0.816 bits per heavy atom. The zero-order valence-electron chi connectivity index (χ0n) is 49.7. The van der Waals surface area contributed by atoms with E-state index in [1.54, 1.807) is 0 Å². The van der Waals surface area contributed by atoms with Crippen molar-refractivity contribution in [1.82, 2.24) is 0 Å². The second-order valence-corrected chi connectivity index (χ2v) is 20.9. The minimum atomic E-state index is -0.795. The summed E-state index contributed by atoms with van der Waals surface area (Å²) in [7, 11) is 0. The van der Waals surface area contributed by atoms with Gasteiger partial charge in [-0.05, 0) is 109 Å². The standard InChI is InChI=1S/C70H118O6/c1-4-7-10-13-16-18-20-22-24-26-28-30-32-34-35-37-38-40-42-44-46-48-50-52-54-57-60-63-69(72)75-66-67(65-74-68(71)62-59-56-15-12-9-6-3)76-70(73)64-61-58-55-53-51-49-47-45-43-41-39-36-33-31-29-27-25-23-21-19-17-14-11-8-5-2/h8,11,17,19-20,22-23,25-26,28-29,31,36,39,43,45,49,51,67H,4-7,9-10,12-16,18,21,24,27,30,32-35,37-38,40-42,44,46-48,50,52-66H2,1-3H3/b11-8-,19-17-,22-20-,25-23-,28-26-,31-29-,39-36-,45-43-,51-49-. The fraction of sp³-hybridized carbons (Fsp3) is 0.700. The monoisotopic (exact) mass is 1050 g/mol. The Hall–Kier alpha value is -3.93. The highest BCUT2D eigenvalue weighted by molar-refractivity contribution is 5.71. The van der Waals surface area contributed by atoms with Crippen molar-refractivity contribution in [2.45, 2.75) is 303 Å². The smallest absolute Gasteiger partial charge is 0.306 e. The SMILES string of the molecule is CC/C=C\C/C=C\C/C=C\C/C=C\C/C=C\C/C=C\C/C=C\CCCCCC(=O)OC(COC(=O)CCCCCCCC)COC(=O)CCCCCCCCCCCCCCCCC/C=C\C/C=C\CCCCCCC. The number of carbonyl (C=O) groups is 3. The lowest BCUT2D eigenvalue weighted by atomic mass is 10.0. The van der Waals surface area contributed by atoms with E-state index < -0.39 is 6.10 Å². The first kappa shape index (κ1) is 72.1. The number of ether oxygens (including phenoxy) is 3. The average Bonchev–Trinajstić information content (AvgIpc) is 3.42. The van der Waals surface area contributed by atoms with E-state index in [0.717, 1.165) is 116 Å². The molecule has 0 aromatic carbocycles. The minimum absolute atomic E-state index is 0.0912. The summed E-state index contributed by atoms with van der Waals surface area (Å²) < 4.78 is 16.8. The summed E-state index contributed by atoms with van der Waals surface area (Å²) in [4.78, 5) is 38.0. The Balaban J connectivity index is 4.16. The van der Waals surface area contributed by atoms with Crippen LogP contribution in [0.5, 0.6) is 0 Å². The molecule has 0 aromatic heterocycles. The van der Waals surface area contributed by atoms with Gasteiger partial charge in [-0.3, -0.25) is 14.4 Å². The van der Waals surface area contributed by atoms with E-state index in [-0.39, 0.29) is 37.5 Å². The Morgan fingerprint density at radius 1 is 0.276 bits per heavy atom. The van der Waals surface area contributed by atoms with Crippen LogP contribution in [0.3, 0.4) is 0 Å². The van der Waals surface area contributed by atoms with Crippen molar-refractivity contribution in [2.75, 3.05) is 13.2 Å². The molecule has 0 amide bonds. The number of rotatable bonds is 57. The van der Waals surface area contributed by atoms with Crippen molar-refractivity contribution in [3.05, 3.63) is 109 Å². The number of esters is 3. The van der Waals surface area contributed by atoms with Crippen LogP contribution >= 0.6 is 0 Å². The van der Waals surface area contributed by atoms with Crippen molar-refractivity contribution in [3.8, 4) is 0 Å². The molecule has 0 fully saturated rings. The summed E-state index contributed by atoms with van der Waals surface area (Å²) in [6, 6.07) is 0. The first-order chi connectivity index (χ1) is 37.5. The van der Waals surface area contributed by atoms with Gasteiger partial charge in [0, 0.05) is 19.3 Å². The van der Waals surface area contributed by atoms with Crippen LogP contribution in [0.15, 0.2) is 109 Å². The van der Waals surface area contributed by atoms with E-state index in [9.17, 15) is 14.4 Å². The predicted octanol–water partition coefficient (Wildman–Crippen LogP) is 21.8. The van der Waals surface area contributed by atoms with E-state index >= 15 is 0 Å². The summed E-state index contributed by atoms with van der Waals surface area (Å²) in [5.41, 5.74) is 0. The summed E-state index contributed by atoms with van der Waals surface area (Å²) in [6.07, 6.45) is 87.0. The van der Waals surface area contributed by atoms with E-state index in [4.69, 9.17) is 14.2 Å². The lowest BCUT2D eigenvalue weighted by Crippen LogP contribution is -2.30. The van der Waals surface area contributed by atoms with Crippen LogP contribution < -0.4 is 0 Å². The van der Waals surface area contributed by atoms with E-state index in [2.05, 4.69) is 130 Å². The molecule has 0 aliphatic rings. The predicted molar refractivity (Wildman–Crippen MR) is 330 cm³/mol. The third-order valence-corrected chi connectivity index (χ3v) is 13.5. The molecule has 434 valence electrons. The van der Waals surface area contributed by atoms with Gasteiger partial charge in [0.2, 0.25) is 0 Å². The molecule has 0 N–H and O–H groups in total. The molecule has 6 nitrogen and oxygen atoms in total. The lowest BCUT2D eigenvalue weighted by Gasteiger charge is -2.18. The Bertz CT molecular complexity index is 1540. The molecule has 0 saturated carbocycles. The third kappa shape index (κ3) is 60.9. The van der Waals surface area contributed by atoms with Gasteiger partial charge in [-0.2, -0.15) is 0 Å². The number of unbranched alkanes of at least 4 members (excludes halogenated alkanes) is 28. The van der Waals surface area contributed by atoms with E-state index in [0.29, 0.717) is 12.8 Å². The fourth-order valence-electron chi connectivity index (χ4n) is 8.75. The van der Waals surface area contributed by atoms with Crippen LogP contribution in [-0.2, 0) is 28.6 Å². The molecule has 0 aliphatic carbocycles. The van der Waals surface area contributed by atoms with Gasteiger partial charge >= 0.3 is 17.9 Å². The largest absolute Gasteiger partial charge is 0.462 e. The number of carbonyl (C=O) groups excluding carboxylic acids is 3. The number of hydrogen-bond donors (Lipinski definition) is 0. The Kier molecular flexibility index (Phi) is 60.3. The normalized spacial score (nSPS) is 12.8. The summed E-state index contributed by atoms with van der Waals surface area (Å²) >= 11 is 0. The molecular formula is C70H118O6. The van der Waals surface area contributed by atoms with Crippen LogP contribution in [0.25, 0.3) is 0 Å². The van der Waals surface area contributed by atoms with Gasteiger partial charge in [-0.1, -0.05) is 278 Å². The number of allylic oxidation sites excluding steroid dienone is 18. The molecule has 6 heteroatoms. The topological polar surface area (TPSA) is 78.9 Å². The molecular weight excluding hydrogens is 937 g/mol. The third-order valence-electron chi connectivity index (χ3n) is 13.5. The molecule has 0 aliphatic heterocycles. The van der Waals surface area contributed by atoms with Crippen molar-refractivity contribution in [3.63, 3.8) is 0 Å². The van der Waals surface area contributed by atoms with E-state index in [1.807, 2.05) is 0 Å². The molecule has 0 aromatic rings. The van der Waals surface area contributed by atoms with Crippen LogP contribution in [0.2, 0.25) is 0 Å². The maximum Gasteiger partial charge on any atom is 0.306 e. The second-order valence-electron chi connectivity index (χ2n) is 20.9. The molecule has 1 unspecified atom stereocenters. The van der Waals surface area contributed by atoms with Gasteiger partial charge in [0.15, 0.2) is 6.10 Å². The van der Waals surface area contributed by atoms with Crippen LogP contribution in [0, 0.1) is 0 Å². The molecule has 76 heavy (non-hydrogen) atoms. The molecule has 0 bridgehead atoms. The zero-order valence-corrected chi connectivity index (χ0v) is 49.7. The van der Waals surface area contributed by atoms with Crippen molar-refractivity contribution in [2.24, 2.45) is 0 Å². The van der Waals surface area contributed by atoms with Gasteiger partial charge in [-0.25, -0.2) is 0 Å². The van der Waals surface area contributed by atoms with Gasteiger partial charge in [0.25, 0.3) is 0 Å². The second kappa shape index (κ2) is 63.6. The van der Waals surface area contributed by atoms with Gasteiger partial charge in [0.1, 0.15) is 13.2 Å². The molecule has 0 spiro atoms. The Labute approximate surface area is 470 Å². The molecule has 0 heterocycles. The number of hydrogen-bond acceptors (Lipinski definition) is 6. The molecule has 0 radical (unpaired) electrons. The molecule has 0 rings (SSSR count). The molecule has 0 saturated heterocycles. The summed E-state index contributed by atoms with van der Waals surface area (Å²) in [5.74, 6) is -0.930. The average molecular weight is 1060 g/mol. The zero-order chi connectivity index (χ0) is 55.0. The van der Waals surface area contributed by atoms with Crippen molar-refractivity contribution in [1.29, 1.82) is 0 Å². The maximum atomic E-state index is 12.8. The fourth-order valence-corrected chi connectivity index (χ4v) is 8.75. The van der Waals surface area contributed by atoms with Crippen molar-refractivity contribution >= 4 is 17.9 Å².